The Morgan fingerprint density at radius 2 is 1.65 bits per heavy atom. The molecule has 94 valence electrons. The largest absolute Gasteiger partial charge is 0.389 e. The summed E-state index contributed by atoms with van der Waals surface area (Å²) in [6.45, 7) is 6.29. The van der Waals surface area contributed by atoms with Crippen LogP contribution in [0, 0.1) is 0 Å². The van der Waals surface area contributed by atoms with Crippen molar-refractivity contribution < 1.29 is 10.2 Å². The maximum atomic E-state index is 9.47. The van der Waals surface area contributed by atoms with E-state index in [1.165, 1.54) is 11.1 Å². The van der Waals surface area contributed by atoms with E-state index >= 15 is 0 Å². The number of aliphatic hydroxyl groups excluding tert-OH is 2. The van der Waals surface area contributed by atoms with Gasteiger partial charge >= 0.3 is 0 Å². The number of hydrogen-bond donors (Lipinski definition) is 2. The van der Waals surface area contributed by atoms with E-state index in [2.05, 4.69) is 43.0 Å². The van der Waals surface area contributed by atoms with Gasteiger partial charge in [-0.1, -0.05) is 38.1 Å². The summed E-state index contributed by atoms with van der Waals surface area (Å²) >= 11 is 0. The molecule has 2 atom stereocenters. The zero-order valence-corrected chi connectivity index (χ0v) is 10.5. The molecule has 1 aliphatic heterocycles. The maximum absolute atomic E-state index is 9.47. The van der Waals surface area contributed by atoms with Crippen molar-refractivity contribution in [3.05, 3.63) is 35.4 Å². The lowest BCUT2D eigenvalue weighted by Crippen LogP contribution is -2.22. The molecule has 1 aliphatic rings. The fraction of sp³-hybridized carbons (Fsp3) is 0.571. The summed E-state index contributed by atoms with van der Waals surface area (Å²) in [7, 11) is 0. The third-order valence-electron chi connectivity index (χ3n) is 3.39. The SMILES string of the molecule is CC(C)c1ccc(CN2CC(O)C(O)C2)cc1. The Morgan fingerprint density at radius 3 is 2.12 bits per heavy atom. The van der Waals surface area contributed by atoms with Crippen molar-refractivity contribution in [1.82, 2.24) is 4.90 Å². The first-order valence-corrected chi connectivity index (χ1v) is 6.23. The highest BCUT2D eigenvalue weighted by molar-refractivity contribution is 5.24. The van der Waals surface area contributed by atoms with Gasteiger partial charge in [-0.05, 0) is 17.0 Å². The summed E-state index contributed by atoms with van der Waals surface area (Å²) in [5.74, 6) is 0.555. The fourth-order valence-corrected chi connectivity index (χ4v) is 2.24. The van der Waals surface area contributed by atoms with Crippen molar-refractivity contribution in [3.63, 3.8) is 0 Å². The molecule has 0 aliphatic carbocycles. The first-order valence-electron chi connectivity index (χ1n) is 6.23. The van der Waals surface area contributed by atoms with Crippen molar-refractivity contribution >= 4 is 0 Å². The summed E-state index contributed by atoms with van der Waals surface area (Å²) < 4.78 is 0. The molecule has 2 N–H and O–H groups in total. The second-order valence-electron chi connectivity index (χ2n) is 5.23. The highest BCUT2D eigenvalue weighted by atomic mass is 16.3. The van der Waals surface area contributed by atoms with E-state index in [0.29, 0.717) is 19.0 Å². The van der Waals surface area contributed by atoms with E-state index in [4.69, 9.17) is 0 Å². The summed E-state index contributed by atoms with van der Waals surface area (Å²) in [5.41, 5.74) is 2.57. The molecule has 1 saturated heterocycles. The van der Waals surface area contributed by atoms with Gasteiger partial charge in [-0.15, -0.1) is 0 Å². The zero-order valence-electron chi connectivity index (χ0n) is 10.5. The third-order valence-corrected chi connectivity index (χ3v) is 3.39. The number of likely N-dealkylation sites (tertiary alicyclic amines) is 1. The Morgan fingerprint density at radius 1 is 1.12 bits per heavy atom. The molecule has 2 rings (SSSR count). The second kappa shape index (κ2) is 5.17. The second-order valence-corrected chi connectivity index (χ2v) is 5.23. The van der Waals surface area contributed by atoms with Gasteiger partial charge in [0.05, 0.1) is 12.2 Å². The standard InChI is InChI=1S/C14H21NO2/c1-10(2)12-5-3-11(4-6-12)7-15-8-13(16)14(17)9-15/h3-6,10,13-14,16-17H,7-9H2,1-2H3. The Labute approximate surface area is 103 Å². The molecule has 0 spiro atoms. The minimum Gasteiger partial charge on any atom is -0.389 e. The molecular formula is C14H21NO2. The summed E-state index contributed by atoms with van der Waals surface area (Å²) in [4.78, 5) is 2.08. The van der Waals surface area contributed by atoms with Crippen LogP contribution in [0.25, 0.3) is 0 Å². The molecule has 1 aromatic carbocycles. The topological polar surface area (TPSA) is 43.7 Å². The van der Waals surface area contributed by atoms with Gasteiger partial charge in [0.2, 0.25) is 0 Å². The van der Waals surface area contributed by atoms with E-state index in [1.54, 1.807) is 0 Å². The van der Waals surface area contributed by atoms with Gasteiger partial charge in [0.25, 0.3) is 0 Å². The lowest BCUT2D eigenvalue weighted by molar-refractivity contribution is 0.0572. The normalized spacial score (nSPS) is 25.7. The quantitative estimate of drug-likeness (QED) is 0.831. The van der Waals surface area contributed by atoms with Gasteiger partial charge in [0.1, 0.15) is 0 Å². The molecule has 1 heterocycles. The predicted molar refractivity (Wildman–Crippen MR) is 67.8 cm³/mol. The van der Waals surface area contributed by atoms with Gasteiger partial charge in [0.15, 0.2) is 0 Å². The van der Waals surface area contributed by atoms with Gasteiger partial charge < -0.3 is 10.2 Å². The third kappa shape index (κ3) is 3.06. The van der Waals surface area contributed by atoms with E-state index in [1.807, 2.05) is 0 Å². The summed E-state index contributed by atoms with van der Waals surface area (Å²) in [6, 6.07) is 8.57. The molecule has 3 heteroatoms. The molecule has 0 saturated carbocycles. The average Bonchev–Trinajstić information content (AvgIpc) is 2.58. The van der Waals surface area contributed by atoms with Gasteiger partial charge in [-0.2, -0.15) is 0 Å². The van der Waals surface area contributed by atoms with E-state index in [9.17, 15) is 10.2 Å². The molecule has 2 unspecified atom stereocenters. The van der Waals surface area contributed by atoms with Gasteiger partial charge in [0, 0.05) is 19.6 Å². The van der Waals surface area contributed by atoms with Crippen molar-refractivity contribution in [3.8, 4) is 0 Å². The van der Waals surface area contributed by atoms with Crippen LogP contribution >= 0.6 is 0 Å². The van der Waals surface area contributed by atoms with E-state index in [-0.39, 0.29) is 0 Å². The zero-order chi connectivity index (χ0) is 12.4. The Hall–Kier alpha value is -0.900. The fourth-order valence-electron chi connectivity index (χ4n) is 2.24. The van der Waals surface area contributed by atoms with E-state index < -0.39 is 12.2 Å². The van der Waals surface area contributed by atoms with Crippen LogP contribution in [0.2, 0.25) is 0 Å². The molecule has 1 fully saturated rings. The number of nitrogens with zero attached hydrogens (tertiary/aromatic N) is 1. The van der Waals surface area contributed by atoms with Crippen LogP contribution in [0.4, 0.5) is 0 Å². The van der Waals surface area contributed by atoms with Crippen molar-refractivity contribution in [2.24, 2.45) is 0 Å². The number of β-amino-alcohol motifs (C(OH)–C–C–N with tert-alkyl or cyclic N) is 2. The van der Waals surface area contributed by atoms with Crippen molar-refractivity contribution in [1.29, 1.82) is 0 Å². The first-order chi connectivity index (χ1) is 8.06. The Kier molecular flexibility index (Phi) is 3.82. The Balaban J connectivity index is 1.95. The lowest BCUT2D eigenvalue weighted by atomic mass is 10.0. The van der Waals surface area contributed by atoms with Crippen LogP contribution in [0.15, 0.2) is 24.3 Å². The minimum absolute atomic E-state index is 0.555. The minimum atomic E-state index is -0.593. The molecule has 17 heavy (non-hydrogen) atoms. The highest BCUT2D eigenvalue weighted by Crippen LogP contribution is 2.17. The van der Waals surface area contributed by atoms with Crippen LogP contribution in [-0.4, -0.2) is 40.4 Å². The summed E-state index contributed by atoms with van der Waals surface area (Å²) in [6.07, 6.45) is -1.19. The number of hydrogen-bond acceptors (Lipinski definition) is 3. The van der Waals surface area contributed by atoms with Gasteiger partial charge in [-0.25, -0.2) is 0 Å². The smallest absolute Gasteiger partial charge is 0.0938 e. The molecular weight excluding hydrogens is 214 g/mol. The summed E-state index contributed by atoms with van der Waals surface area (Å²) in [5, 5.41) is 18.9. The van der Waals surface area contributed by atoms with Crippen LogP contribution in [0.1, 0.15) is 30.9 Å². The van der Waals surface area contributed by atoms with Crippen molar-refractivity contribution in [2.45, 2.75) is 38.5 Å². The highest BCUT2D eigenvalue weighted by Gasteiger charge is 2.29. The average molecular weight is 235 g/mol. The molecule has 3 nitrogen and oxygen atoms in total. The number of rotatable bonds is 3. The molecule has 1 aromatic rings. The van der Waals surface area contributed by atoms with E-state index in [0.717, 1.165) is 6.54 Å². The Bertz CT molecular complexity index is 351. The monoisotopic (exact) mass is 235 g/mol. The van der Waals surface area contributed by atoms with Gasteiger partial charge in [-0.3, -0.25) is 4.90 Å². The number of aliphatic hydroxyl groups is 2. The molecule has 0 aromatic heterocycles. The first kappa shape index (κ1) is 12.6. The van der Waals surface area contributed by atoms with Crippen LogP contribution in [0.5, 0.6) is 0 Å². The van der Waals surface area contributed by atoms with Crippen LogP contribution in [0.3, 0.4) is 0 Å². The lowest BCUT2D eigenvalue weighted by Gasteiger charge is -2.15. The van der Waals surface area contributed by atoms with Crippen LogP contribution < -0.4 is 0 Å². The predicted octanol–water partition coefficient (Wildman–Crippen LogP) is 1.35. The molecule has 0 amide bonds. The molecule has 0 bridgehead atoms. The van der Waals surface area contributed by atoms with Crippen LogP contribution in [-0.2, 0) is 6.54 Å². The maximum Gasteiger partial charge on any atom is 0.0938 e. The molecule has 0 radical (unpaired) electrons. The van der Waals surface area contributed by atoms with Crippen molar-refractivity contribution in [2.75, 3.05) is 13.1 Å². The number of benzene rings is 1.